The zero-order valence-corrected chi connectivity index (χ0v) is 14.2. The molecular weight excluding hydrogens is 377 g/mol. The predicted octanol–water partition coefficient (Wildman–Crippen LogP) is 5.49. The summed E-state index contributed by atoms with van der Waals surface area (Å²) in [5, 5.41) is 3.79. The minimum atomic E-state index is 0.460. The van der Waals surface area contributed by atoms with Crippen molar-refractivity contribution < 1.29 is 0 Å². The van der Waals surface area contributed by atoms with Gasteiger partial charge in [0, 0.05) is 24.9 Å². The Morgan fingerprint density at radius 2 is 2.15 bits per heavy atom. The van der Waals surface area contributed by atoms with E-state index in [1.807, 2.05) is 11.3 Å². The fraction of sp³-hybridized carbons (Fsp3) is 0.294. The molecule has 2 aliphatic rings. The number of benzene rings is 1. The summed E-state index contributed by atoms with van der Waals surface area (Å²) in [7, 11) is 0. The van der Waals surface area contributed by atoms with Crippen molar-refractivity contribution in [2.45, 2.75) is 25.3 Å². The number of fused-ring (bicyclic) bond motifs is 3. The Bertz CT molecular complexity index is 688. The van der Waals surface area contributed by atoms with Crippen LogP contribution in [-0.2, 0) is 0 Å². The number of anilines is 1. The minimum absolute atomic E-state index is 0.460. The maximum absolute atomic E-state index is 3.79. The zero-order valence-electron chi connectivity index (χ0n) is 11.3. The van der Waals surface area contributed by atoms with Crippen molar-refractivity contribution in [3.05, 3.63) is 61.4 Å². The molecule has 1 aliphatic carbocycles. The molecule has 2 aromatic rings. The molecule has 0 bridgehead atoms. The van der Waals surface area contributed by atoms with E-state index in [4.69, 9.17) is 0 Å². The number of halogens is 1. The Kier molecular flexibility index (Phi) is 3.15. The molecule has 0 amide bonds. The highest BCUT2D eigenvalue weighted by Crippen LogP contribution is 2.50. The molecule has 0 radical (unpaired) electrons. The highest BCUT2D eigenvalue weighted by molar-refractivity contribution is 14.1. The Morgan fingerprint density at radius 1 is 1.25 bits per heavy atom. The van der Waals surface area contributed by atoms with Crippen LogP contribution in [0.2, 0.25) is 0 Å². The van der Waals surface area contributed by atoms with E-state index < -0.39 is 0 Å². The number of thiophene rings is 1. The molecule has 0 fully saturated rings. The van der Waals surface area contributed by atoms with Gasteiger partial charge in [-0.2, -0.15) is 0 Å². The summed E-state index contributed by atoms with van der Waals surface area (Å²) in [6.07, 6.45) is 5.96. The lowest BCUT2D eigenvalue weighted by Crippen LogP contribution is -2.28. The fourth-order valence-electron chi connectivity index (χ4n) is 3.47. The summed E-state index contributed by atoms with van der Waals surface area (Å²) in [5.74, 6) is 1.24. The summed E-state index contributed by atoms with van der Waals surface area (Å²) in [5.41, 5.74) is 2.79. The molecule has 0 saturated carbocycles. The van der Waals surface area contributed by atoms with Gasteiger partial charge in [0.15, 0.2) is 0 Å². The molecule has 20 heavy (non-hydrogen) atoms. The third kappa shape index (κ3) is 2.02. The Morgan fingerprint density at radius 3 is 2.95 bits per heavy atom. The summed E-state index contributed by atoms with van der Waals surface area (Å²) >= 11 is 4.34. The SMILES string of the molecule is Cc1ccc(C2Nc3ccc(I)cc3C3C=CCC32)s1. The normalized spacial score (nSPS) is 27.0. The van der Waals surface area contributed by atoms with Crippen LogP contribution in [0.15, 0.2) is 42.5 Å². The molecule has 1 aromatic carbocycles. The van der Waals surface area contributed by atoms with E-state index in [0.717, 1.165) is 0 Å². The summed E-state index contributed by atoms with van der Waals surface area (Å²) in [6, 6.07) is 11.8. The van der Waals surface area contributed by atoms with Gasteiger partial charge in [0.1, 0.15) is 0 Å². The van der Waals surface area contributed by atoms with E-state index in [-0.39, 0.29) is 0 Å². The topological polar surface area (TPSA) is 12.0 Å². The highest BCUT2D eigenvalue weighted by Gasteiger charge is 2.38. The van der Waals surface area contributed by atoms with Crippen molar-refractivity contribution >= 4 is 39.6 Å². The van der Waals surface area contributed by atoms with Crippen molar-refractivity contribution in [3.63, 3.8) is 0 Å². The van der Waals surface area contributed by atoms with Gasteiger partial charge in [-0.1, -0.05) is 12.2 Å². The molecule has 1 N–H and O–H groups in total. The van der Waals surface area contributed by atoms with Crippen LogP contribution in [0.25, 0.3) is 0 Å². The van der Waals surface area contributed by atoms with Crippen LogP contribution in [0.1, 0.15) is 33.7 Å². The quantitative estimate of drug-likeness (QED) is 0.499. The van der Waals surface area contributed by atoms with E-state index in [0.29, 0.717) is 17.9 Å². The molecule has 3 unspecified atom stereocenters. The van der Waals surface area contributed by atoms with E-state index in [9.17, 15) is 0 Å². The fourth-order valence-corrected chi connectivity index (χ4v) is 4.99. The molecule has 2 heterocycles. The third-order valence-corrected chi connectivity index (χ3v) is 6.15. The lowest BCUT2D eigenvalue weighted by atomic mass is 9.79. The molecule has 102 valence electrons. The standard InChI is InChI=1S/C17H16INS/c1-10-5-8-16(20-10)17-13-4-2-3-12(13)14-9-11(18)6-7-15(14)19-17/h2-3,5-9,12-13,17,19H,4H2,1H3. The summed E-state index contributed by atoms with van der Waals surface area (Å²) < 4.78 is 1.33. The van der Waals surface area contributed by atoms with Crippen LogP contribution in [0.4, 0.5) is 5.69 Å². The van der Waals surface area contributed by atoms with Gasteiger partial charge >= 0.3 is 0 Å². The van der Waals surface area contributed by atoms with Crippen LogP contribution in [-0.4, -0.2) is 0 Å². The van der Waals surface area contributed by atoms with Crippen LogP contribution in [0.5, 0.6) is 0 Å². The first kappa shape index (κ1) is 12.9. The Balaban J connectivity index is 1.80. The average molecular weight is 393 g/mol. The largest absolute Gasteiger partial charge is 0.377 e. The van der Waals surface area contributed by atoms with Crippen LogP contribution >= 0.6 is 33.9 Å². The lowest BCUT2D eigenvalue weighted by molar-refractivity contribution is 0.430. The summed E-state index contributed by atoms with van der Waals surface area (Å²) in [4.78, 5) is 2.88. The first-order valence-corrected chi connectivity index (χ1v) is 8.91. The number of rotatable bonds is 1. The number of hydrogen-bond acceptors (Lipinski definition) is 2. The highest BCUT2D eigenvalue weighted by atomic mass is 127. The second kappa shape index (κ2) is 4.88. The molecule has 0 spiro atoms. The lowest BCUT2D eigenvalue weighted by Gasteiger charge is -2.36. The van der Waals surface area contributed by atoms with Gasteiger partial charge in [0.05, 0.1) is 6.04 Å². The second-order valence-corrected chi connectivity index (χ2v) is 8.22. The van der Waals surface area contributed by atoms with Gasteiger partial charge in [-0.3, -0.25) is 0 Å². The van der Waals surface area contributed by atoms with Crippen LogP contribution in [0, 0.1) is 16.4 Å². The molecule has 1 aromatic heterocycles. The molecule has 3 atom stereocenters. The van der Waals surface area contributed by atoms with Gasteiger partial charge in [-0.05, 0) is 77.7 Å². The van der Waals surface area contributed by atoms with Crippen LogP contribution in [0.3, 0.4) is 0 Å². The average Bonchev–Trinajstić information content (AvgIpc) is 3.07. The predicted molar refractivity (Wildman–Crippen MR) is 94.6 cm³/mol. The minimum Gasteiger partial charge on any atom is -0.377 e. The van der Waals surface area contributed by atoms with E-state index in [1.165, 1.54) is 31.0 Å². The van der Waals surface area contributed by atoms with E-state index >= 15 is 0 Å². The van der Waals surface area contributed by atoms with E-state index in [2.05, 4.69) is 77.3 Å². The molecular formula is C17H16INS. The van der Waals surface area contributed by atoms with Crippen molar-refractivity contribution in [1.82, 2.24) is 0 Å². The molecule has 1 nitrogen and oxygen atoms in total. The number of hydrogen-bond donors (Lipinski definition) is 1. The second-order valence-electron chi connectivity index (χ2n) is 5.66. The molecule has 4 rings (SSSR count). The number of nitrogens with one attached hydrogen (secondary N) is 1. The third-order valence-electron chi connectivity index (χ3n) is 4.39. The molecule has 0 saturated heterocycles. The van der Waals surface area contributed by atoms with Gasteiger partial charge in [0.25, 0.3) is 0 Å². The monoisotopic (exact) mass is 393 g/mol. The maximum atomic E-state index is 3.79. The molecule has 3 heteroatoms. The Hall–Kier alpha value is -0.810. The number of aryl methyl sites for hydroxylation is 1. The van der Waals surface area contributed by atoms with E-state index in [1.54, 1.807) is 0 Å². The summed E-state index contributed by atoms with van der Waals surface area (Å²) in [6.45, 7) is 2.19. The maximum Gasteiger partial charge on any atom is 0.0646 e. The first-order valence-electron chi connectivity index (χ1n) is 7.01. The number of allylic oxidation sites excluding steroid dienone is 2. The smallest absolute Gasteiger partial charge is 0.0646 e. The van der Waals surface area contributed by atoms with Gasteiger partial charge in [0.2, 0.25) is 0 Å². The van der Waals surface area contributed by atoms with Gasteiger partial charge in [-0.15, -0.1) is 11.3 Å². The van der Waals surface area contributed by atoms with Crippen molar-refractivity contribution in [2.75, 3.05) is 5.32 Å². The van der Waals surface area contributed by atoms with Gasteiger partial charge < -0.3 is 5.32 Å². The van der Waals surface area contributed by atoms with Crippen LogP contribution < -0.4 is 5.32 Å². The zero-order chi connectivity index (χ0) is 13.7. The Labute approximate surface area is 137 Å². The van der Waals surface area contributed by atoms with Crippen molar-refractivity contribution in [1.29, 1.82) is 0 Å². The van der Waals surface area contributed by atoms with Crippen molar-refractivity contribution in [3.8, 4) is 0 Å². The van der Waals surface area contributed by atoms with Gasteiger partial charge in [-0.25, -0.2) is 0 Å². The first-order chi connectivity index (χ1) is 9.72. The van der Waals surface area contributed by atoms with Crippen molar-refractivity contribution in [2.24, 2.45) is 5.92 Å². The molecule has 1 aliphatic heterocycles.